The Balaban J connectivity index is 0.00000338. The Morgan fingerprint density at radius 1 is 1.15 bits per heavy atom. The van der Waals surface area contributed by atoms with Gasteiger partial charge in [0.05, 0.1) is 0 Å². The predicted molar refractivity (Wildman–Crippen MR) is 93.5 cm³/mol. The Bertz CT molecular complexity index is 781. The van der Waals surface area contributed by atoms with Crippen LogP contribution >= 0.6 is 0 Å². The number of amides is 3. The number of carbonyl (C=O) groups is 2. The van der Waals surface area contributed by atoms with Crippen LogP contribution in [0.3, 0.4) is 0 Å². The van der Waals surface area contributed by atoms with Gasteiger partial charge in [-0.15, -0.1) is 0 Å². The fourth-order valence-corrected chi connectivity index (χ4v) is 1.86. The molecule has 0 bridgehead atoms. The molecule has 0 atom stereocenters. The highest BCUT2D eigenvalue weighted by atomic mass is 35.5. The lowest BCUT2D eigenvalue weighted by Gasteiger charge is -2.10. The topological polar surface area (TPSA) is 86.9 Å². The molecule has 1 aromatic carbocycles. The molecule has 0 saturated heterocycles. The van der Waals surface area contributed by atoms with Crippen LogP contribution in [0.1, 0.15) is 5.69 Å². The van der Waals surface area contributed by atoms with E-state index >= 15 is 0 Å². The standard InChI is InChI=1S/C17H19N5O3.ClH/c1-21(2)17(24)25-15-10-7-11-22(3)14(15)12-18-20-16(23)19-13-8-5-4-6-9-13;/h4-12H,1-3H3,(H,19,23);1H. The van der Waals surface area contributed by atoms with Gasteiger partial charge in [0.25, 0.3) is 5.69 Å². The molecule has 3 amide bonds. The van der Waals surface area contributed by atoms with Gasteiger partial charge in [-0.3, -0.25) is 0 Å². The molecule has 2 N–H and O–H groups in total. The number of aryl methyl sites for hydroxylation is 1. The maximum Gasteiger partial charge on any atom is 0.414 e. The second-order valence-electron chi connectivity index (χ2n) is 5.32. The minimum atomic E-state index is -0.504. The molecule has 26 heavy (non-hydrogen) atoms. The highest BCUT2D eigenvalue weighted by Gasteiger charge is 2.17. The average molecular weight is 378 g/mol. The molecule has 2 rings (SSSR count). The highest BCUT2D eigenvalue weighted by Crippen LogP contribution is 2.12. The van der Waals surface area contributed by atoms with Crippen LogP contribution in [0.25, 0.3) is 0 Å². The molecule has 0 spiro atoms. The van der Waals surface area contributed by atoms with Gasteiger partial charge >= 0.3 is 12.1 Å². The Hall–Kier alpha value is -3.13. The maximum atomic E-state index is 11.8. The van der Waals surface area contributed by atoms with Crippen LogP contribution < -0.4 is 32.5 Å². The summed E-state index contributed by atoms with van der Waals surface area (Å²) >= 11 is 0. The van der Waals surface area contributed by atoms with Crippen molar-refractivity contribution in [2.45, 2.75) is 0 Å². The van der Waals surface area contributed by atoms with Gasteiger partial charge in [-0.05, 0) is 18.2 Å². The van der Waals surface area contributed by atoms with Crippen LogP contribution in [0.15, 0.2) is 53.8 Å². The van der Waals surface area contributed by atoms with E-state index in [-0.39, 0.29) is 12.4 Å². The van der Waals surface area contributed by atoms with Crippen molar-refractivity contribution in [3.63, 3.8) is 0 Å². The lowest BCUT2D eigenvalue weighted by Crippen LogP contribution is -3.00. The number of urea groups is 1. The number of para-hydroxylation sites is 1. The Labute approximate surface area is 157 Å². The zero-order chi connectivity index (χ0) is 18.2. The van der Waals surface area contributed by atoms with Gasteiger partial charge in [-0.1, -0.05) is 18.2 Å². The first kappa shape index (κ1) is 20.9. The normalized spacial score (nSPS) is 9.96. The fraction of sp³-hybridized carbons (Fsp3) is 0.176. The molecule has 0 saturated carbocycles. The van der Waals surface area contributed by atoms with Gasteiger partial charge < -0.3 is 27.4 Å². The number of hydrazone groups is 1. The summed E-state index contributed by atoms with van der Waals surface area (Å²) in [5.41, 5.74) is 3.54. The molecule has 138 valence electrons. The van der Waals surface area contributed by atoms with Crippen LogP contribution in [-0.4, -0.2) is 37.3 Å². The quantitative estimate of drug-likeness (QED) is 0.396. The number of nitrogens with one attached hydrogen (secondary N) is 2. The molecular formula is C17H20ClN5O3. The van der Waals surface area contributed by atoms with E-state index in [0.29, 0.717) is 17.1 Å². The van der Waals surface area contributed by atoms with Crippen LogP contribution in [0.4, 0.5) is 15.3 Å². The third-order valence-corrected chi connectivity index (χ3v) is 3.14. The van der Waals surface area contributed by atoms with E-state index in [9.17, 15) is 9.59 Å². The number of aromatic nitrogens is 1. The van der Waals surface area contributed by atoms with Gasteiger partial charge in [0.15, 0.2) is 6.20 Å². The van der Waals surface area contributed by atoms with E-state index in [1.807, 2.05) is 18.2 Å². The van der Waals surface area contributed by atoms with Crippen LogP contribution in [-0.2, 0) is 7.05 Å². The van der Waals surface area contributed by atoms with Crippen molar-refractivity contribution in [3.8, 4) is 5.75 Å². The largest absolute Gasteiger partial charge is 1.00 e. The number of anilines is 1. The number of rotatable bonds is 4. The number of carbonyl (C=O) groups excluding carboxylic acids is 2. The first-order valence-electron chi connectivity index (χ1n) is 7.50. The molecule has 8 nitrogen and oxygen atoms in total. The molecule has 0 unspecified atom stereocenters. The van der Waals surface area contributed by atoms with Gasteiger partial charge in [0, 0.05) is 25.8 Å². The van der Waals surface area contributed by atoms with Gasteiger partial charge in [-0.2, -0.15) is 9.67 Å². The number of nitrogens with zero attached hydrogens (tertiary/aromatic N) is 3. The second kappa shape index (κ2) is 10.00. The summed E-state index contributed by atoms with van der Waals surface area (Å²) in [5, 5.41) is 6.54. The molecule has 0 aliphatic rings. The summed E-state index contributed by atoms with van der Waals surface area (Å²) in [6, 6.07) is 11.9. The SMILES string of the molecule is CN(C)C(=O)Oc1ccc[n+](C)c1/C=N/NC(=O)Nc1ccccc1.[Cl-]. The lowest BCUT2D eigenvalue weighted by molar-refractivity contribution is -0.672. The summed E-state index contributed by atoms with van der Waals surface area (Å²) in [4.78, 5) is 24.9. The molecule has 2 aromatic rings. The minimum absolute atomic E-state index is 0. The Morgan fingerprint density at radius 3 is 2.50 bits per heavy atom. The minimum Gasteiger partial charge on any atom is -1.00 e. The molecule has 0 aliphatic carbocycles. The van der Waals surface area contributed by atoms with E-state index in [2.05, 4.69) is 15.8 Å². The first-order valence-corrected chi connectivity index (χ1v) is 7.50. The van der Waals surface area contributed by atoms with Crippen molar-refractivity contribution in [2.24, 2.45) is 12.1 Å². The van der Waals surface area contributed by atoms with Crippen molar-refractivity contribution in [2.75, 3.05) is 19.4 Å². The zero-order valence-corrected chi connectivity index (χ0v) is 15.4. The average Bonchev–Trinajstić information content (AvgIpc) is 2.58. The molecule has 0 fully saturated rings. The number of halogens is 1. The van der Waals surface area contributed by atoms with Crippen LogP contribution in [0, 0.1) is 0 Å². The number of pyridine rings is 1. The molecule has 1 heterocycles. The molecular weight excluding hydrogens is 358 g/mol. The third kappa shape index (κ3) is 6.06. The monoisotopic (exact) mass is 377 g/mol. The van der Waals surface area contributed by atoms with Crippen LogP contribution in [0.2, 0.25) is 0 Å². The molecule has 0 radical (unpaired) electrons. The van der Waals surface area contributed by atoms with Crippen LogP contribution in [0.5, 0.6) is 5.75 Å². The van der Waals surface area contributed by atoms with E-state index in [4.69, 9.17) is 4.74 Å². The number of ether oxygens (including phenoxy) is 1. The van der Waals surface area contributed by atoms with Crippen molar-refractivity contribution in [1.29, 1.82) is 0 Å². The van der Waals surface area contributed by atoms with Gasteiger partial charge in [0.1, 0.15) is 13.3 Å². The van der Waals surface area contributed by atoms with Crippen molar-refractivity contribution < 1.29 is 31.3 Å². The van der Waals surface area contributed by atoms with E-state index in [0.717, 1.165) is 0 Å². The Morgan fingerprint density at radius 2 is 1.85 bits per heavy atom. The number of benzene rings is 1. The van der Waals surface area contributed by atoms with Gasteiger partial charge in [0.2, 0.25) is 5.75 Å². The summed E-state index contributed by atoms with van der Waals surface area (Å²) in [5.74, 6) is 0.331. The smallest absolute Gasteiger partial charge is 0.414 e. The summed E-state index contributed by atoms with van der Waals surface area (Å²) < 4.78 is 7.01. The molecule has 1 aromatic heterocycles. The number of hydrogen-bond donors (Lipinski definition) is 2. The summed E-state index contributed by atoms with van der Waals surface area (Å²) in [6.45, 7) is 0. The van der Waals surface area contributed by atoms with Crippen molar-refractivity contribution in [1.82, 2.24) is 10.3 Å². The summed E-state index contributed by atoms with van der Waals surface area (Å²) in [6.07, 6.45) is 2.68. The zero-order valence-electron chi connectivity index (χ0n) is 14.6. The van der Waals surface area contributed by atoms with Crippen molar-refractivity contribution >= 4 is 24.0 Å². The fourth-order valence-electron chi connectivity index (χ4n) is 1.86. The van der Waals surface area contributed by atoms with Crippen molar-refractivity contribution in [3.05, 3.63) is 54.4 Å². The van der Waals surface area contributed by atoms with Gasteiger partial charge in [-0.25, -0.2) is 15.0 Å². The predicted octanol–water partition coefficient (Wildman–Crippen LogP) is -1.27. The highest BCUT2D eigenvalue weighted by molar-refractivity contribution is 5.90. The first-order chi connectivity index (χ1) is 12.0. The second-order valence-corrected chi connectivity index (χ2v) is 5.32. The lowest BCUT2D eigenvalue weighted by atomic mass is 10.3. The van der Waals surface area contributed by atoms with E-state index in [1.165, 1.54) is 11.1 Å². The third-order valence-electron chi connectivity index (χ3n) is 3.14. The maximum absolute atomic E-state index is 11.8. The molecule has 0 aliphatic heterocycles. The van der Waals surface area contributed by atoms with E-state index < -0.39 is 12.1 Å². The Kier molecular flexibility index (Phi) is 8.04. The van der Waals surface area contributed by atoms with E-state index in [1.54, 1.807) is 56.2 Å². The number of hydrogen-bond acceptors (Lipinski definition) is 4. The molecule has 9 heteroatoms. The summed E-state index contributed by atoms with van der Waals surface area (Å²) in [7, 11) is 4.96.